The fourth-order valence-corrected chi connectivity index (χ4v) is 12.8. The van der Waals surface area contributed by atoms with E-state index in [-0.39, 0.29) is 61.1 Å². The normalized spacial score (nSPS) is 55.5. The summed E-state index contributed by atoms with van der Waals surface area (Å²) in [5.74, 6) is 0.204. The molecule has 0 radical (unpaired) electrons. The minimum atomic E-state index is -1.01. The van der Waals surface area contributed by atoms with Crippen LogP contribution in [0.1, 0.15) is 105 Å². The summed E-state index contributed by atoms with van der Waals surface area (Å²) in [6.45, 7) is 9.90. The van der Waals surface area contributed by atoms with Crippen molar-refractivity contribution in [3.8, 4) is 0 Å². The van der Waals surface area contributed by atoms with E-state index in [2.05, 4.69) is 6.92 Å². The molecule has 3 saturated heterocycles. The summed E-state index contributed by atoms with van der Waals surface area (Å²) in [5, 5.41) is 66.9. The van der Waals surface area contributed by atoms with Gasteiger partial charge in [0.25, 0.3) is 0 Å². The van der Waals surface area contributed by atoms with Gasteiger partial charge >= 0.3 is 5.97 Å². The zero-order chi connectivity index (χ0) is 39.2. The number of carbonyl (C=O) groups excluding carboxylic acids is 1. The van der Waals surface area contributed by atoms with Crippen LogP contribution in [0.25, 0.3) is 0 Å². The lowest BCUT2D eigenvalue weighted by molar-refractivity contribution is -0.336. The predicted molar refractivity (Wildman–Crippen MR) is 193 cm³/mol. The van der Waals surface area contributed by atoms with Gasteiger partial charge in [0, 0.05) is 30.8 Å². The van der Waals surface area contributed by atoms with Crippen molar-refractivity contribution in [2.24, 2.45) is 34.5 Å². The monoisotopic (exact) mass is 780 g/mol. The molecule has 8 aliphatic rings. The summed E-state index contributed by atoms with van der Waals surface area (Å²) >= 11 is 0. The van der Waals surface area contributed by atoms with Gasteiger partial charge in [-0.25, -0.2) is 4.79 Å². The Balaban J connectivity index is 0.837. The standard InChI is InChI=1S/C41H64O14/c1-19-36(47)28(42)15-34(50-19)54-38-21(3)52-35(17-30(38)44)55-37-20(2)51-33(16-29(37)43)53-24-8-10-39(4)23(13-24)6-7-26-27(39)14-31(45)40(5)25(9-11-41(26,40)48)22-12-32(46)49-18-22/h12,19-21,23-31,33-38,42-45,47-48H,6-11,13-18H2,1-5H3/t19-,20-,21-,23+,24+,25+,26+,27-,28+,29-,30-,31-,33-,34+,35-,36+,37+,38+,39+,40+,41+/m1/s1. The molecule has 0 amide bonds. The number of ether oxygens (including phenoxy) is 7. The second kappa shape index (κ2) is 15.1. The molecule has 6 N–H and O–H groups in total. The van der Waals surface area contributed by atoms with Crippen molar-refractivity contribution in [1.82, 2.24) is 0 Å². The van der Waals surface area contributed by atoms with Crippen LogP contribution in [-0.4, -0.2) is 135 Å². The third kappa shape index (κ3) is 6.95. The second-order valence-corrected chi connectivity index (χ2v) is 18.8. The smallest absolute Gasteiger partial charge is 0.331 e. The summed E-state index contributed by atoms with van der Waals surface area (Å²) in [4.78, 5) is 11.9. The Kier molecular flexibility index (Phi) is 11.1. The maximum atomic E-state index is 12.6. The Bertz CT molecular complexity index is 1410. The van der Waals surface area contributed by atoms with Crippen molar-refractivity contribution in [3.05, 3.63) is 11.6 Å². The maximum Gasteiger partial charge on any atom is 0.331 e. The molecule has 0 spiro atoms. The van der Waals surface area contributed by atoms with Crippen molar-refractivity contribution < 1.29 is 68.6 Å². The van der Waals surface area contributed by atoms with Gasteiger partial charge in [0.05, 0.1) is 54.4 Å². The highest BCUT2D eigenvalue weighted by Crippen LogP contribution is 2.70. The Morgan fingerprint density at radius 2 is 1.29 bits per heavy atom. The fourth-order valence-electron chi connectivity index (χ4n) is 12.8. The van der Waals surface area contributed by atoms with Crippen molar-refractivity contribution in [2.75, 3.05) is 6.61 Å². The van der Waals surface area contributed by atoms with Crippen LogP contribution in [0.2, 0.25) is 0 Å². The number of aliphatic hydroxyl groups is 6. The SMILES string of the molecule is C[C@H]1O[C@@H](O[C@@H]2[C@H](O)C[C@@H](O[C@@H]3[C@H](O)C[C@@H](O[C@H]4CC[C@@]5(C)[C@@H](CC[C@H]6[C@H]5C[C@@H](O)[C@]5(C)[C@H](C7=CC(=O)OC7)CC[C@]65O)C4)O[C@@H]3C)O[C@@H]2C)C[C@H](O)[C@H]1O. The fraction of sp³-hybridized carbons (Fsp3) is 0.927. The highest BCUT2D eigenvalue weighted by molar-refractivity contribution is 5.85. The quantitative estimate of drug-likeness (QED) is 0.162. The van der Waals surface area contributed by atoms with Crippen molar-refractivity contribution >= 4 is 5.97 Å². The lowest BCUT2D eigenvalue weighted by Gasteiger charge is -2.65. The van der Waals surface area contributed by atoms with Crippen LogP contribution in [0.4, 0.5) is 0 Å². The number of aliphatic hydroxyl groups excluding tert-OH is 5. The van der Waals surface area contributed by atoms with E-state index >= 15 is 0 Å². The Labute approximate surface area is 323 Å². The molecule has 4 aliphatic carbocycles. The maximum absolute atomic E-state index is 12.6. The van der Waals surface area contributed by atoms with Crippen LogP contribution in [0, 0.1) is 34.5 Å². The van der Waals surface area contributed by atoms with Crippen LogP contribution < -0.4 is 0 Å². The molecule has 0 bridgehead atoms. The van der Waals surface area contributed by atoms with Crippen LogP contribution in [0.5, 0.6) is 0 Å². The molecule has 4 saturated carbocycles. The molecular weight excluding hydrogens is 716 g/mol. The molecular formula is C41H64O14. The number of carbonyl (C=O) groups is 1. The Morgan fingerprint density at radius 1 is 0.691 bits per heavy atom. The number of hydrogen-bond acceptors (Lipinski definition) is 14. The van der Waals surface area contributed by atoms with Gasteiger partial charge in [-0.3, -0.25) is 0 Å². The molecule has 7 fully saturated rings. The molecule has 8 rings (SSSR count). The van der Waals surface area contributed by atoms with Gasteiger partial charge in [0.1, 0.15) is 24.9 Å². The van der Waals surface area contributed by atoms with Gasteiger partial charge in [-0.1, -0.05) is 13.8 Å². The van der Waals surface area contributed by atoms with E-state index in [9.17, 15) is 35.4 Å². The first-order valence-corrected chi connectivity index (χ1v) is 20.9. The molecule has 312 valence electrons. The first-order chi connectivity index (χ1) is 26.0. The van der Waals surface area contributed by atoms with Crippen LogP contribution >= 0.6 is 0 Å². The third-order valence-corrected chi connectivity index (χ3v) is 16.0. The van der Waals surface area contributed by atoms with Crippen LogP contribution in [0.15, 0.2) is 11.6 Å². The Hall–Kier alpha value is -1.27. The summed E-state index contributed by atoms with van der Waals surface area (Å²) in [6, 6.07) is 0. The van der Waals surface area contributed by atoms with Crippen molar-refractivity contribution in [3.63, 3.8) is 0 Å². The molecule has 21 atom stereocenters. The molecule has 14 nitrogen and oxygen atoms in total. The lowest BCUT2D eigenvalue weighted by Crippen LogP contribution is -2.67. The van der Waals surface area contributed by atoms with E-state index in [1.807, 2.05) is 13.8 Å². The van der Waals surface area contributed by atoms with E-state index in [1.165, 1.54) is 0 Å². The summed E-state index contributed by atoms with van der Waals surface area (Å²) in [5.41, 5.74) is -0.892. The van der Waals surface area contributed by atoms with E-state index in [0.717, 1.165) is 44.1 Å². The van der Waals surface area contributed by atoms with Gasteiger partial charge in [-0.05, 0) is 107 Å². The van der Waals surface area contributed by atoms with Crippen LogP contribution in [0.3, 0.4) is 0 Å². The van der Waals surface area contributed by atoms with Gasteiger partial charge in [0.2, 0.25) is 0 Å². The molecule has 0 aromatic heterocycles. The Morgan fingerprint density at radius 3 is 1.87 bits per heavy atom. The molecule has 4 aliphatic heterocycles. The molecule has 55 heavy (non-hydrogen) atoms. The molecule has 14 heteroatoms. The number of esters is 1. The highest BCUT2D eigenvalue weighted by Gasteiger charge is 2.71. The third-order valence-electron chi connectivity index (χ3n) is 16.0. The van der Waals surface area contributed by atoms with E-state index in [4.69, 9.17) is 33.2 Å². The first kappa shape index (κ1) is 40.5. The zero-order valence-electron chi connectivity index (χ0n) is 32.9. The highest BCUT2D eigenvalue weighted by atomic mass is 16.7. The van der Waals surface area contributed by atoms with Crippen molar-refractivity contribution in [1.29, 1.82) is 0 Å². The molecule has 0 unspecified atom stereocenters. The zero-order valence-corrected chi connectivity index (χ0v) is 32.9. The summed E-state index contributed by atoms with van der Waals surface area (Å²) in [7, 11) is 0. The van der Waals surface area contributed by atoms with Crippen LogP contribution in [-0.2, 0) is 38.0 Å². The molecule has 0 aromatic carbocycles. The molecule has 0 aromatic rings. The average molecular weight is 781 g/mol. The number of hydrogen-bond donors (Lipinski definition) is 6. The lowest BCUT2D eigenvalue weighted by atomic mass is 9.42. The topological polar surface area (TPSA) is 203 Å². The van der Waals surface area contributed by atoms with Gasteiger partial charge in [-0.2, -0.15) is 0 Å². The minimum absolute atomic E-state index is 0.0452. The second-order valence-electron chi connectivity index (χ2n) is 18.8. The summed E-state index contributed by atoms with van der Waals surface area (Å²) in [6.07, 6.45) is -1.51. The minimum Gasteiger partial charge on any atom is -0.458 e. The summed E-state index contributed by atoms with van der Waals surface area (Å²) < 4.78 is 42.1. The van der Waals surface area contributed by atoms with E-state index < -0.39 is 90.9 Å². The number of fused-ring (bicyclic) bond motifs is 5. The largest absolute Gasteiger partial charge is 0.458 e. The van der Waals surface area contributed by atoms with Gasteiger partial charge < -0.3 is 63.8 Å². The van der Waals surface area contributed by atoms with E-state index in [1.54, 1.807) is 19.9 Å². The number of rotatable bonds is 7. The predicted octanol–water partition coefficient (Wildman–Crippen LogP) is 2.22. The van der Waals surface area contributed by atoms with Gasteiger partial charge in [-0.15, -0.1) is 0 Å². The average Bonchev–Trinajstić information content (AvgIpc) is 3.67. The van der Waals surface area contributed by atoms with E-state index in [0.29, 0.717) is 18.8 Å². The van der Waals surface area contributed by atoms with Gasteiger partial charge in [0.15, 0.2) is 18.9 Å². The first-order valence-electron chi connectivity index (χ1n) is 20.9. The van der Waals surface area contributed by atoms with Crippen molar-refractivity contribution in [2.45, 2.75) is 197 Å². The molecule has 4 heterocycles. The number of cyclic esters (lactones) is 1.